The van der Waals surface area contributed by atoms with E-state index in [0.717, 1.165) is 27.9 Å². The molecule has 3 aromatic carbocycles. The van der Waals surface area contributed by atoms with Crippen molar-refractivity contribution in [1.82, 2.24) is 4.57 Å². The fourth-order valence-corrected chi connectivity index (χ4v) is 4.35. The van der Waals surface area contributed by atoms with Crippen LogP contribution in [0.1, 0.15) is 32.7 Å². The van der Waals surface area contributed by atoms with Crippen LogP contribution in [0.25, 0.3) is 0 Å². The standard InChI is InChI=1S/C26H21Cl3N2O2/c27-21-5-1-18(2-6-21)15-31-16-20(12-25(31)26(32)33)9-17-3-7-24(8-4-17)30-14-19-10-22(28)13-23(29)11-19/h1-8,10-13,16,30H,9,14-15H2,(H,32,33). The van der Waals surface area contributed by atoms with Crippen molar-refractivity contribution in [2.24, 2.45) is 0 Å². The predicted octanol–water partition coefficient (Wildman–Crippen LogP) is 7.40. The third-order valence-electron chi connectivity index (χ3n) is 5.22. The van der Waals surface area contributed by atoms with Crippen LogP contribution >= 0.6 is 34.8 Å². The van der Waals surface area contributed by atoms with E-state index in [9.17, 15) is 9.90 Å². The molecule has 0 amide bonds. The molecule has 4 aromatic rings. The van der Waals surface area contributed by atoms with E-state index in [1.54, 1.807) is 28.8 Å². The molecule has 0 radical (unpaired) electrons. The van der Waals surface area contributed by atoms with Gasteiger partial charge in [-0.1, -0.05) is 59.1 Å². The van der Waals surface area contributed by atoms with Crippen molar-refractivity contribution in [1.29, 1.82) is 0 Å². The number of rotatable bonds is 8. The Hall–Kier alpha value is -2.92. The number of benzene rings is 3. The van der Waals surface area contributed by atoms with Gasteiger partial charge in [-0.25, -0.2) is 4.79 Å². The van der Waals surface area contributed by atoms with Gasteiger partial charge in [-0.15, -0.1) is 0 Å². The summed E-state index contributed by atoms with van der Waals surface area (Å²) >= 11 is 18.1. The smallest absolute Gasteiger partial charge is 0.352 e. The Morgan fingerprint density at radius 1 is 0.758 bits per heavy atom. The second-order valence-corrected chi connectivity index (χ2v) is 9.11. The zero-order chi connectivity index (χ0) is 23.4. The lowest BCUT2D eigenvalue weighted by Crippen LogP contribution is -2.08. The number of anilines is 1. The van der Waals surface area contributed by atoms with E-state index < -0.39 is 5.97 Å². The van der Waals surface area contributed by atoms with Crippen LogP contribution in [0.15, 0.2) is 79.0 Å². The average molecular weight is 500 g/mol. The van der Waals surface area contributed by atoms with E-state index in [-0.39, 0.29) is 5.69 Å². The van der Waals surface area contributed by atoms with Crippen LogP contribution in [-0.4, -0.2) is 15.6 Å². The van der Waals surface area contributed by atoms with E-state index in [1.807, 2.05) is 54.7 Å². The number of hydrogen-bond donors (Lipinski definition) is 2. The molecule has 0 aliphatic rings. The van der Waals surface area contributed by atoms with Crippen molar-refractivity contribution in [3.8, 4) is 0 Å². The van der Waals surface area contributed by atoms with Gasteiger partial charge < -0.3 is 15.0 Å². The minimum atomic E-state index is -0.948. The van der Waals surface area contributed by atoms with Gasteiger partial charge in [0, 0.05) is 40.0 Å². The van der Waals surface area contributed by atoms with Crippen LogP contribution in [0, 0.1) is 0 Å². The van der Waals surface area contributed by atoms with Gasteiger partial charge in [-0.05, 0) is 77.2 Å². The van der Waals surface area contributed by atoms with E-state index in [4.69, 9.17) is 34.8 Å². The van der Waals surface area contributed by atoms with Crippen LogP contribution in [0.2, 0.25) is 15.1 Å². The molecule has 0 spiro atoms. The van der Waals surface area contributed by atoms with Crippen molar-refractivity contribution >= 4 is 46.5 Å². The molecule has 1 heterocycles. The Labute approximate surface area is 207 Å². The fraction of sp³-hybridized carbons (Fsp3) is 0.115. The lowest BCUT2D eigenvalue weighted by molar-refractivity contribution is 0.0685. The minimum Gasteiger partial charge on any atom is -0.477 e. The molecule has 1 aromatic heterocycles. The maximum atomic E-state index is 11.7. The molecule has 0 unspecified atom stereocenters. The second kappa shape index (κ2) is 10.3. The van der Waals surface area contributed by atoms with Gasteiger partial charge in [0.25, 0.3) is 0 Å². The summed E-state index contributed by atoms with van der Waals surface area (Å²) in [6.07, 6.45) is 2.53. The van der Waals surface area contributed by atoms with Gasteiger partial charge in [0.05, 0.1) is 0 Å². The highest BCUT2D eigenvalue weighted by molar-refractivity contribution is 6.34. The van der Waals surface area contributed by atoms with Gasteiger partial charge in [0.2, 0.25) is 0 Å². The summed E-state index contributed by atoms with van der Waals surface area (Å²) in [6, 6.07) is 22.7. The first kappa shape index (κ1) is 23.2. The lowest BCUT2D eigenvalue weighted by Gasteiger charge is -2.09. The number of carboxylic acids is 1. The molecule has 0 atom stereocenters. The first-order chi connectivity index (χ1) is 15.9. The Bertz CT molecular complexity index is 1250. The topological polar surface area (TPSA) is 54.3 Å². The van der Waals surface area contributed by atoms with Gasteiger partial charge >= 0.3 is 5.97 Å². The highest BCUT2D eigenvalue weighted by Gasteiger charge is 2.13. The molecule has 0 saturated heterocycles. The van der Waals surface area contributed by atoms with Crippen LogP contribution in [0.3, 0.4) is 0 Å². The molecule has 0 aliphatic carbocycles. The minimum absolute atomic E-state index is 0.262. The molecule has 7 heteroatoms. The van der Waals surface area contributed by atoms with Crippen LogP contribution in [-0.2, 0) is 19.5 Å². The molecule has 4 nitrogen and oxygen atoms in total. The number of nitrogens with one attached hydrogen (secondary N) is 1. The Balaban J connectivity index is 1.43. The van der Waals surface area contributed by atoms with Crippen molar-refractivity contribution in [3.05, 3.63) is 122 Å². The first-order valence-corrected chi connectivity index (χ1v) is 11.4. The zero-order valence-corrected chi connectivity index (χ0v) is 19.8. The molecule has 4 rings (SSSR count). The predicted molar refractivity (Wildman–Crippen MR) is 135 cm³/mol. The summed E-state index contributed by atoms with van der Waals surface area (Å²) in [5, 5.41) is 14.9. The Morgan fingerprint density at radius 2 is 1.39 bits per heavy atom. The third-order valence-corrected chi connectivity index (χ3v) is 5.91. The summed E-state index contributed by atoms with van der Waals surface area (Å²) < 4.78 is 1.76. The summed E-state index contributed by atoms with van der Waals surface area (Å²) in [5.74, 6) is -0.948. The number of carboxylic acid groups (broad SMARTS) is 1. The first-order valence-electron chi connectivity index (χ1n) is 10.3. The molecule has 33 heavy (non-hydrogen) atoms. The summed E-state index contributed by atoms with van der Waals surface area (Å²) in [7, 11) is 0. The van der Waals surface area contributed by atoms with Crippen LogP contribution in [0.5, 0.6) is 0 Å². The highest BCUT2D eigenvalue weighted by Crippen LogP contribution is 2.21. The van der Waals surface area contributed by atoms with Gasteiger partial charge in [-0.3, -0.25) is 0 Å². The van der Waals surface area contributed by atoms with Crippen molar-refractivity contribution in [3.63, 3.8) is 0 Å². The van der Waals surface area contributed by atoms with E-state index in [0.29, 0.717) is 34.6 Å². The van der Waals surface area contributed by atoms with Crippen LogP contribution < -0.4 is 5.32 Å². The fourth-order valence-electron chi connectivity index (χ4n) is 3.66. The third kappa shape index (κ3) is 6.32. The number of aromatic carboxylic acids is 1. The summed E-state index contributed by atoms with van der Waals surface area (Å²) in [4.78, 5) is 11.7. The van der Waals surface area contributed by atoms with Gasteiger partial charge in [0.1, 0.15) is 5.69 Å². The van der Waals surface area contributed by atoms with Crippen molar-refractivity contribution < 1.29 is 9.90 Å². The molecule has 2 N–H and O–H groups in total. The van der Waals surface area contributed by atoms with Crippen LogP contribution in [0.4, 0.5) is 5.69 Å². The number of hydrogen-bond acceptors (Lipinski definition) is 2. The largest absolute Gasteiger partial charge is 0.477 e. The quantitative estimate of drug-likeness (QED) is 0.265. The second-order valence-electron chi connectivity index (χ2n) is 7.80. The van der Waals surface area contributed by atoms with Crippen molar-refractivity contribution in [2.45, 2.75) is 19.5 Å². The average Bonchev–Trinajstić information content (AvgIpc) is 3.17. The maximum absolute atomic E-state index is 11.7. The lowest BCUT2D eigenvalue weighted by atomic mass is 10.1. The number of aromatic nitrogens is 1. The van der Waals surface area contributed by atoms with Gasteiger partial charge in [-0.2, -0.15) is 0 Å². The molecule has 0 fully saturated rings. The summed E-state index contributed by atoms with van der Waals surface area (Å²) in [6.45, 7) is 1.07. The van der Waals surface area contributed by atoms with Crippen molar-refractivity contribution in [2.75, 3.05) is 5.32 Å². The van der Waals surface area contributed by atoms with E-state index in [2.05, 4.69) is 5.32 Å². The molecular formula is C26H21Cl3N2O2. The zero-order valence-electron chi connectivity index (χ0n) is 17.6. The normalized spacial score (nSPS) is 10.9. The number of carbonyl (C=O) groups is 1. The maximum Gasteiger partial charge on any atom is 0.352 e. The molecule has 0 bridgehead atoms. The molecule has 0 aliphatic heterocycles. The molecular weight excluding hydrogens is 479 g/mol. The van der Waals surface area contributed by atoms with E-state index in [1.165, 1.54) is 0 Å². The van der Waals surface area contributed by atoms with Gasteiger partial charge in [0.15, 0.2) is 0 Å². The number of nitrogens with zero attached hydrogens (tertiary/aromatic N) is 1. The monoisotopic (exact) mass is 498 g/mol. The van der Waals surface area contributed by atoms with E-state index >= 15 is 0 Å². The Kier molecular flexibility index (Phi) is 7.29. The molecule has 0 saturated carbocycles. The SMILES string of the molecule is O=C(O)c1cc(Cc2ccc(NCc3cc(Cl)cc(Cl)c3)cc2)cn1Cc1ccc(Cl)cc1. The summed E-state index contributed by atoms with van der Waals surface area (Å²) in [5.41, 5.74) is 5.25. The molecule has 168 valence electrons. The Morgan fingerprint density at radius 3 is 2.03 bits per heavy atom. The highest BCUT2D eigenvalue weighted by atomic mass is 35.5. The number of halogens is 3.